The second-order valence-corrected chi connectivity index (χ2v) is 2.86. The first-order valence-electron chi connectivity index (χ1n) is 4.26. The summed E-state index contributed by atoms with van der Waals surface area (Å²) in [4.78, 5) is 15.3. The van der Waals surface area contributed by atoms with E-state index in [1.807, 2.05) is 0 Å². The van der Waals surface area contributed by atoms with Gasteiger partial charge in [-0.3, -0.25) is 0 Å². The van der Waals surface area contributed by atoms with Crippen molar-refractivity contribution in [3.05, 3.63) is 28.9 Å². The molecule has 0 radical (unpaired) electrons. The van der Waals surface area contributed by atoms with E-state index >= 15 is 0 Å². The molecule has 1 heterocycles. The van der Waals surface area contributed by atoms with E-state index in [4.69, 9.17) is 9.47 Å². The van der Waals surface area contributed by atoms with Crippen LogP contribution in [0.1, 0.15) is 0 Å². The van der Waals surface area contributed by atoms with Crippen LogP contribution in [-0.2, 0) is 0 Å². The van der Waals surface area contributed by atoms with E-state index in [-0.39, 0.29) is 0 Å². The number of aromatic nitrogens is 1. The molecule has 0 aliphatic heterocycles. The fourth-order valence-electron chi connectivity index (χ4n) is 1.33. The van der Waals surface area contributed by atoms with E-state index in [0.29, 0.717) is 22.4 Å². The van der Waals surface area contributed by atoms with Crippen LogP contribution in [0.25, 0.3) is 10.9 Å². The first kappa shape index (κ1) is 9.51. The number of nitrogens with zero attached hydrogens (tertiary/aromatic N) is 1. The standard InChI is InChI=1S/C10H9NO4/c1-13-8-3-6-7(4-9(8)14-2)11-5-15-10(6)12/h3-5H,1-2H3. The normalized spacial score (nSPS) is 10.3. The molecule has 0 amide bonds. The van der Waals surface area contributed by atoms with Crippen LogP contribution < -0.4 is 15.1 Å². The van der Waals surface area contributed by atoms with Gasteiger partial charge in [-0.05, 0) is 0 Å². The lowest BCUT2D eigenvalue weighted by Gasteiger charge is -2.07. The van der Waals surface area contributed by atoms with Gasteiger partial charge in [0.15, 0.2) is 17.9 Å². The maximum atomic E-state index is 11.3. The Hall–Kier alpha value is -2.04. The van der Waals surface area contributed by atoms with Gasteiger partial charge in [-0.1, -0.05) is 0 Å². The Morgan fingerprint density at radius 1 is 1.20 bits per heavy atom. The summed E-state index contributed by atoms with van der Waals surface area (Å²) in [5.74, 6) is 1.01. The summed E-state index contributed by atoms with van der Waals surface area (Å²) < 4.78 is 14.8. The zero-order valence-corrected chi connectivity index (χ0v) is 8.31. The second kappa shape index (κ2) is 3.61. The number of benzene rings is 1. The van der Waals surface area contributed by atoms with Crippen LogP contribution in [0.15, 0.2) is 27.7 Å². The molecule has 0 bridgehead atoms. The van der Waals surface area contributed by atoms with Crippen molar-refractivity contribution >= 4 is 10.9 Å². The van der Waals surface area contributed by atoms with Crippen LogP contribution in [0.3, 0.4) is 0 Å². The third-order valence-corrected chi connectivity index (χ3v) is 2.07. The number of methoxy groups -OCH3 is 2. The van der Waals surface area contributed by atoms with E-state index in [1.54, 1.807) is 12.1 Å². The van der Waals surface area contributed by atoms with Crippen molar-refractivity contribution in [1.29, 1.82) is 0 Å². The van der Waals surface area contributed by atoms with Crippen molar-refractivity contribution in [2.45, 2.75) is 0 Å². The quantitative estimate of drug-likeness (QED) is 0.740. The molecule has 0 aliphatic rings. The molecule has 0 saturated heterocycles. The van der Waals surface area contributed by atoms with E-state index in [9.17, 15) is 4.79 Å². The molecular formula is C10H9NO4. The molecule has 5 heteroatoms. The third kappa shape index (κ3) is 1.52. The maximum Gasteiger partial charge on any atom is 0.346 e. The molecular weight excluding hydrogens is 198 g/mol. The van der Waals surface area contributed by atoms with Crippen LogP contribution in [-0.4, -0.2) is 19.2 Å². The Morgan fingerprint density at radius 3 is 2.53 bits per heavy atom. The molecule has 0 aliphatic carbocycles. The van der Waals surface area contributed by atoms with Crippen LogP contribution in [0, 0.1) is 0 Å². The average molecular weight is 207 g/mol. The zero-order chi connectivity index (χ0) is 10.8. The van der Waals surface area contributed by atoms with Crippen molar-refractivity contribution < 1.29 is 13.9 Å². The fraction of sp³-hybridized carbons (Fsp3) is 0.200. The minimum Gasteiger partial charge on any atom is -0.493 e. The van der Waals surface area contributed by atoms with Gasteiger partial charge in [-0.15, -0.1) is 0 Å². The highest BCUT2D eigenvalue weighted by molar-refractivity contribution is 5.81. The molecule has 0 spiro atoms. The predicted octanol–water partition coefficient (Wildman–Crippen LogP) is 1.21. The first-order valence-corrected chi connectivity index (χ1v) is 4.26. The lowest BCUT2D eigenvalue weighted by atomic mass is 10.2. The summed E-state index contributed by atoms with van der Waals surface area (Å²) in [6, 6.07) is 3.18. The van der Waals surface area contributed by atoms with Gasteiger partial charge >= 0.3 is 5.63 Å². The van der Waals surface area contributed by atoms with Gasteiger partial charge in [0.1, 0.15) is 0 Å². The van der Waals surface area contributed by atoms with Crippen LogP contribution in [0.2, 0.25) is 0 Å². The van der Waals surface area contributed by atoms with Gasteiger partial charge in [0.05, 0.1) is 25.1 Å². The monoisotopic (exact) mass is 207 g/mol. The molecule has 2 rings (SSSR count). The Labute approximate surface area is 85.3 Å². The van der Waals surface area contributed by atoms with Crippen molar-refractivity contribution in [3.63, 3.8) is 0 Å². The van der Waals surface area contributed by atoms with E-state index < -0.39 is 5.63 Å². The van der Waals surface area contributed by atoms with Gasteiger partial charge in [0.2, 0.25) is 0 Å². The first-order chi connectivity index (χ1) is 7.26. The number of fused-ring (bicyclic) bond motifs is 1. The smallest absolute Gasteiger partial charge is 0.346 e. The van der Waals surface area contributed by atoms with E-state index in [1.165, 1.54) is 14.2 Å². The molecule has 0 fully saturated rings. The molecule has 0 N–H and O–H groups in total. The minimum atomic E-state index is -0.444. The SMILES string of the molecule is COc1cc2ncoc(=O)c2cc1OC. The van der Waals surface area contributed by atoms with Gasteiger partial charge in [-0.25, -0.2) is 9.78 Å². The molecule has 15 heavy (non-hydrogen) atoms. The molecule has 5 nitrogen and oxygen atoms in total. The Balaban J connectivity index is 2.81. The van der Waals surface area contributed by atoms with Crippen molar-refractivity contribution in [2.75, 3.05) is 14.2 Å². The van der Waals surface area contributed by atoms with Gasteiger partial charge in [0.25, 0.3) is 0 Å². The van der Waals surface area contributed by atoms with Crippen molar-refractivity contribution in [3.8, 4) is 11.5 Å². The summed E-state index contributed by atoms with van der Waals surface area (Å²) in [6.07, 6.45) is 1.11. The third-order valence-electron chi connectivity index (χ3n) is 2.07. The minimum absolute atomic E-state index is 0.371. The highest BCUT2D eigenvalue weighted by atomic mass is 16.5. The maximum absolute atomic E-state index is 11.3. The molecule has 1 aromatic heterocycles. The predicted molar refractivity (Wildman–Crippen MR) is 53.4 cm³/mol. The number of hydrogen-bond donors (Lipinski definition) is 0. The second-order valence-electron chi connectivity index (χ2n) is 2.86. The van der Waals surface area contributed by atoms with Gasteiger partial charge < -0.3 is 13.9 Å². The largest absolute Gasteiger partial charge is 0.493 e. The van der Waals surface area contributed by atoms with Gasteiger partial charge in [0, 0.05) is 12.1 Å². The fourth-order valence-corrected chi connectivity index (χ4v) is 1.33. The molecule has 0 unspecified atom stereocenters. The van der Waals surface area contributed by atoms with E-state index in [0.717, 1.165) is 6.39 Å². The number of ether oxygens (including phenoxy) is 2. The molecule has 1 aromatic carbocycles. The summed E-state index contributed by atoms with van der Waals surface area (Å²) in [7, 11) is 3.02. The van der Waals surface area contributed by atoms with Crippen LogP contribution >= 0.6 is 0 Å². The molecule has 0 saturated carbocycles. The summed E-state index contributed by atoms with van der Waals surface area (Å²) in [5, 5.41) is 0.371. The summed E-state index contributed by atoms with van der Waals surface area (Å²) in [5.41, 5.74) is 0.0739. The Bertz CT molecular complexity index is 547. The summed E-state index contributed by atoms with van der Waals surface area (Å²) >= 11 is 0. The topological polar surface area (TPSA) is 61.6 Å². The van der Waals surface area contributed by atoms with Crippen molar-refractivity contribution in [2.24, 2.45) is 0 Å². The lowest BCUT2D eigenvalue weighted by molar-refractivity contribution is 0.355. The Kier molecular flexibility index (Phi) is 2.29. The number of hydrogen-bond acceptors (Lipinski definition) is 5. The Morgan fingerprint density at radius 2 is 1.87 bits per heavy atom. The zero-order valence-electron chi connectivity index (χ0n) is 8.31. The summed E-state index contributed by atoms with van der Waals surface area (Å²) in [6.45, 7) is 0. The highest BCUT2D eigenvalue weighted by Crippen LogP contribution is 2.29. The van der Waals surface area contributed by atoms with Crippen LogP contribution in [0.5, 0.6) is 11.5 Å². The number of rotatable bonds is 2. The van der Waals surface area contributed by atoms with Crippen molar-refractivity contribution in [1.82, 2.24) is 4.98 Å². The van der Waals surface area contributed by atoms with Gasteiger partial charge in [-0.2, -0.15) is 0 Å². The lowest BCUT2D eigenvalue weighted by Crippen LogP contribution is -2.01. The highest BCUT2D eigenvalue weighted by Gasteiger charge is 2.09. The van der Waals surface area contributed by atoms with Crippen LogP contribution in [0.4, 0.5) is 0 Å². The average Bonchev–Trinajstić information content (AvgIpc) is 2.28. The van der Waals surface area contributed by atoms with E-state index in [2.05, 4.69) is 9.40 Å². The molecule has 78 valence electrons. The molecule has 2 aromatic rings. The molecule has 0 atom stereocenters.